The van der Waals surface area contributed by atoms with Gasteiger partial charge in [-0.05, 0) is 48.2 Å². The maximum atomic E-state index is 13.3. The number of halogens is 4. The van der Waals surface area contributed by atoms with E-state index in [0.29, 0.717) is 34.4 Å². The van der Waals surface area contributed by atoms with Crippen molar-refractivity contribution < 1.29 is 42.9 Å². The number of amides is 4. The normalized spacial score (nSPS) is 13.5. The number of nitrogens with zero attached hydrogens (tertiary/aromatic N) is 6. The van der Waals surface area contributed by atoms with Crippen molar-refractivity contribution in [3.05, 3.63) is 120 Å². The van der Waals surface area contributed by atoms with Gasteiger partial charge in [0.25, 0.3) is 23.4 Å². The van der Waals surface area contributed by atoms with Crippen LogP contribution in [0.2, 0.25) is 10.0 Å². The summed E-state index contributed by atoms with van der Waals surface area (Å²) < 4.78 is 26.9. The Morgan fingerprint density at radius 2 is 1.28 bits per heavy atom. The fraction of sp³-hybridized carbons (Fsp3) is 0.278. The molecule has 2 aromatic carbocycles. The largest absolute Gasteiger partial charge is 0.618 e. The van der Waals surface area contributed by atoms with Gasteiger partial charge in [0.15, 0.2) is 5.75 Å². The van der Waals surface area contributed by atoms with E-state index in [0.717, 1.165) is 12.4 Å². The van der Waals surface area contributed by atoms with Crippen molar-refractivity contribution in [1.29, 1.82) is 0 Å². The molecule has 2 aliphatic rings. The molecule has 4 heterocycles. The number of hydrogen-bond acceptors (Lipinski definition) is 8. The van der Waals surface area contributed by atoms with Crippen LogP contribution in [0.4, 0.5) is 8.78 Å². The van der Waals surface area contributed by atoms with Crippen LogP contribution in [0.3, 0.4) is 0 Å². The summed E-state index contributed by atoms with van der Waals surface area (Å²) in [7, 11) is 6.19. The summed E-state index contributed by atoms with van der Waals surface area (Å²) in [6, 6.07) is 8.42. The first-order valence-corrected chi connectivity index (χ1v) is 16.8. The lowest BCUT2D eigenvalue weighted by molar-refractivity contribution is -0.609. The number of benzene rings is 2. The predicted octanol–water partition coefficient (Wildman–Crippen LogP) is 4.20. The molecular formula is C36H34Cl2F2N6O7. The first-order chi connectivity index (χ1) is 25.0. The van der Waals surface area contributed by atoms with E-state index in [2.05, 4.69) is 4.98 Å². The lowest BCUT2D eigenvalue weighted by atomic mass is 9.96. The van der Waals surface area contributed by atoms with Crippen molar-refractivity contribution in [3.63, 3.8) is 0 Å². The zero-order valence-electron chi connectivity index (χ0n) is 29.0. The molecule has 6 rings (SSSR count). The summed E-state index contributed by atoms with van der Waals surface area (Å²) in [6.45, 7) is 0.954. The molecule has 0 bridgehead atoms. The summed E-state index contributed by atoms with van der Waals surface area (Å²) in [5.41, 5.74) is 1.98. The van der Waals surface area contributed by atoms with E-state index in [9.17, 15) is 43.4 Å². The number of rotatable bonds is 6. The van der Waals surface area contributed by atoms with Crippen LogP contribution in [-0.2, 0) is 25.9 Å². The number of pyridine rings is 2. The van der Waals surface area contributed by atoms with Crippen LogP contribution in [-0.4, -0.2) is 99.7 Å². The van der Waals surface area contributed by atoms with Gasteiger partial charge in [-0.3, -0.25) is 19.2 Å². The summed E-state index contributed by atoms with van der Waals surface area (Å²) in [5, 5.41) is 32.4. The quantitative estimate of drug-likeness (QED) is 0.218. The maximum absolute atomic E-state index is 13.3. The first kappa shape index (κ1) is 38.7. The molecule has 4 amide bonds. The Hall–Kier alpha value is -5.54. The number of aromatic hydroxyl groups is 2. The Morgan fingerprint density at radius 3 is 1.75 bits per heavy atom. The molecule has 0 spiro atoms. The van der Waals surface area contributed by atoms with Crippen molar-refractivity contribution in [2.45, 2.75) is 25.9 Å². The maximum Gasteiger partial charge on any atom is 0.319 e. The molecular weight excluding hydrogens is 737 g/mol. The van der Waals surface area contributed by atoms with Gasteiger partial charge in [0.1, 0.15) is 23.1 Å². The molecule has 2 N–H and O–H groups in total. The average Bonchev–Trinajstić information content (AvgIpc) is 3.10. The monoisotopic (exact) mass is 770 g/mol. The minimum absolute atomic E-state index is 0.0155. The van der Waals surface area contributed by atoms with Crippen LogP contribution < -0.4 is 4.73 Å². The van der Waals surface area contributed by atoms with E-state index in [-0.39, 0.29) is 75.8 Å². The van der Waals surface area contributed by atoms with Gasteiger partial charge in [-0.25, -0.2) is 13.8 Å². The number of hydrogen-bond donors (Lipinski definition) is 2. The van der Waals surface area contributed by atoms with Crippen LogP contribution in [0.5, 0.6) is 11.5 Å². The van der Waals surface area contributed by atoms with Gasteiger partial charge in [0, 0.05) is 65.5 Å². The summed E-state index contributed by atoms with van der Waals surface area (Å²) in [4.78, 5) is 59.9. The van der Waals surface area contributed by atoms with Gasteiger partial charge < -0.3 is 35.0 Å². The lowest BCUT2D eigenvalue weighted by Gasteiger charge is -2.30. The van der Waals surface area contributed by atoms with E-state index in [1.807, 2.05) is 0 Å². The summed E-state index contributed by atoms with van der Waals surface area (Å²) >= 11 is 11.6. The molecule has 13 nitrogen and oxygen atoms in total. The zero-order valence-corrected chi connectivity index (χ0v) is 30.5. The van der Waals surface area contributed by atoms with Crippen molar-refractivity contribution in [2.24, 2.45) is 0 Å². The van der Waals surface area contributed by atoms with Gasteiger partial charge in [-0.15, -0.1) is 0 Å². The van der Waals surface area contributed by atoms with Crippen molar-refractivity contribution >= 4 is 46.8 Å². The molecule has 2 aromatic heterocycles. The molecule has 0 unspecified atom stereocenters. The molecule has 0 saturated carbocycles. The third kappa shape index (κ3) is 7.95. The third-order valence-corrected chi connectivity index (χ3v) is 9.24. The van der Waals surface area contributed by atoms with Crippen LogP contribution in [0, 0.1) is 16.8 Å². The molecule has 2 aliphatic heterocycles. The highest BCUT2D eigenvalue weighted by Crippen LogP contribution is 2.32. The number of aromatic nitrogens is 2. The molecule has 53 heavy (non-hydrogen) atoms. The van der Waals surface area contributed by atoms with E-state index < -0.39 is 35.1 Å². The summed E-state index contributed by atoms with van der Waals surface area (Å²) in [6.07, 6.45) is 2.53. The highest BCUT2D eigenvalue weighted by Gasteiger charge is 2.37. The minimum Gasteiger partial charge on any atom is -0.618 e. The Labute approximate surface area is 312 Å². The minimum atomic E-state index is -0.555. The number of fused-ring (bicyclic) bond motifs is 2. The molecule has 0 atom stereocenters. The van der Waals surface area contributed by atoms with Gasteiger partial charge in [-0.2, -0.15) is 4.73 Å². The topological polar surface area (TPSA) is 162 Å². The Bertz CT molecular complexity index is 2150. The molecule has 17 heteroatoms. The third-order valence-electron chi connectivity index (χ3n) is 8.66. The smallest absolute Gasteiger partial charge is 0.319 e. The highest BCUT2D eigenvalue weighted by molar-refractivity contribution is 6.31. The van der Waals surface area contributed by atoms with E-state index in [1.165, 1.54) is 64.0 Å². The zero-order chi connectivity index (χ0) is 38.9. The standard InChI is InChI=1S/C18H17ClFN3O4.C18H17ClFN3O3/c1-21(2)18(26)16-11-5-6-22(8-10-3-4-13(20)12(19)7-10)17(25)15(11)14(24)9-23(16)27;1-22(2)18(26)16-11-5-6-23(17(25)15(11)14(24)8-21-16)9-10-3-4-13(20)12(19)7-10/h3-4,7,9,24H,5-6,8H2,1-2H3;3-4,7-8,24H,5-6,9H2,1-2H3. The second-order valence-electron chi connectivity index (χ2n) is 12.7. The Kier molecular flexibility index (Phi) is 11.4. The SMILES string of the molecule is CN(C)C(=O)c1c2c(c(O)c[n+]1[O-])C(=O)N(Cc1ccc(F)c(Cl)c1)CC2.CN(C)C(=O)c1ncc(O)c2c1CCN(Cc1ccc(F)c(Cl)c1)C2=O. The van der Waals surface area contributed by atoms with Gasteiger partial charge in [0.05, 0.1) is 27.4 Å². The van der Waals surface area contributed by atoms with Crippen LogP contribution in [0.15, 0.2) is 48.8 Å². The van der Waals surface area contributed by atoms with Crippen LogP contribution >= 0.6 is 23.2 Å². The molecule has 4 aromatic rings. The van der Waals surface area contributed by atoms with E-state index in [1.54, 1.807) is 20.2 Å². The average molecular weight is 772 g/mol. The van der Waals surface area contributed by atoms with Crippen molar-refractivity contribution in [3.8, 4) is 11.5 Å². The molecule has 0 radical (unpaired) electrons. The second-order valence-corrected chi connectivity index (χ2v) is 13.6. The highest BCUT2D eigenvalue weighted by atomic mass is 35.5. The number of carbonyl (C=O) groups is 4. The first-order valence-electron chi connectivity index (χ1n) is 16.1. The molecule has 0 fully saturated rings. The summed E-state index contributed by atoms with van der Waals surface area (Å²) in [5.74, 6) is -3.62. The van der Waals surface area contributed by atoms with Crippen LogP contribution in [0.1, 0.15) is 63.9 Å². The van der Waals surface area contributed by atoms with Gasteiger partial charge in [-0.1, -0.05) is 35.3 Å². The molecule has 278 valence electrons. The van der Waals surface area contributed by atoms with E-state index >= 15 is 0 Å². The van der Waals surface area contributed by atoms with Crippen LogP contribution in [0.25, 0.3) is 0 Å². The fourth-order valence-corrected chi connectivity index (χ4v) is 6.42. The second kappa shape index (κ2) is 15.6. The lowest BCUT2D eigenvalue weighted by Crippen LogP contribution is -2.45. The predicted molar refractivity (Wildman–Crippen MR) is 189 cm³/mol. The molecule has 0 saturated heterocycles. The molecule has 0 aliphatic carbocycles. The van der Waals surface area contributed by atoms with E-state index in [4.69, 9.17) is 23.2 Å². The number of carbonyl (C=O) groups excluding carboxylic acids is 4. The Morgan fingerprint density at radius 1 is 0.811 bits per heavy atom. The van der Waals surface area contributed by atoms with Gasteiger partial charge in [0.2, 0.25) is 6.20 Å². The fourth-order valence-electron chi connectivity index (χ4n) is 6.01. The Balaban J connectivity index is 0.000000204. The van der Waals surface area contributed by atoms with Gasteiger partial charge >= 0.3 is 5.91 Å². The van der Waals surface area contributed by atoms with Crippen molar-refractivity contribution in [1.82, 2.24) is 24.6 Å². The van der Waals surface area contributed by atoms with Crippen molar-refractivity contribution in [2.75, 3.05) is 41.3 Å².